The molecule has 0 saturated heterocycles. The fraction of sp³-hybridized carbons (Fsp3) is 0.920. The number of amides is 1. The van der Waals surface area contributed by atoms with Gasteiger partial charge in [-0.25, -0.2) is 0 Å². The molecule has 0 aromatic rings. The molecular formula is C25H49NO5. The molecule has 0 fully saturated rings. The normalized spacial score (nSPS) is 16.9. The summed E-state index contributed by atoms with van der Waals surface area (Å²) in [5.74, 6) is -0.115. The van der Waals surface area contributed by atoms with Crippen molar-refractivity contribution in [1.82, 2.24) is 5.32 Å². The van der Waals surface area contributed by atoms with E-state index in [1.165, 1.54) is 0 Å². The standard InChI is InChI=1S/C25H49NO5/c1-9-20(4)14-18-31-25(8,11-3)16-12-21(27)26-24(7,10-2)17-19-30-23(5,6)15-13-22(28)29/h20H,9-19H2,1-8H3,(H,26,27)(H,28,29). The Morgan fingerprint density at radius 2 is 1.55 bits per heavy atom. The van der Waals surface area contributed by atoms with Crippen molar-refractivity contribution >= 4 is 11.9 Å². The van der Waals surface area contributed by atoms with E-state index in [0.717, 1.165) is 32.3 Å². The summed E-state index contributed by atoms with van der Waals surface area (Å²) in [6.07, 6.45) is 6.26. The number of rotatable bonds is 18. The number of carboxylic acid groups (broad SMARTS) is 1. The second kappa shape index (κ2) is 14.1. The fourth-order valence-electron chi connectivity index (χ4n) is 3.20. The molecule has 0 aliphatic heterocycles. The molecule has 184 valence electrons. The maximum Gasteiger partial charge on any atom is 0.303 e. The minimum Gasteiger partial charge on any atom is -0.481 e. The molecule has 0 bridgehead atoms. The molecule has 6 nitrogen and oxygen atoms in total. The molecule has 0 aliphatic carbocycles. The predicted molar refractivity (Wildman–Crippen MR) is 126 cm³/mol. The summed E-state index contributed by atoms with van der Waals surface area (Å²) in [5, 5.41) is 12.1. The molecule has 3 atom stereocenters. The number of nitrogens with one attached hydrogen (secondary N) is 1. The van der Waals surface area contributed by atoms with Crippen molar-refractivity contribution in [1.29, 1.82) is 0 Å². The molecule has 0 saturated carbocycles. The van der Waals surface area contributed by atoms with Crippen molar-refractivity contribution in [2.75, 3.05) is 13.2 Å². The molecule has 1 amide bonds. The first-order valence-corrected chi connectivity index (χ1v) is 12.1. The van der Waals surface area contributed by atoms with Crippen LogP contribution in [0, 0.1) is 5.92 Å². The topological polar surface area (TPSA) is 84.9 Å². The van der Waals surface area contributed by atoms with E-state index in [-0.39, 0.29) is 23.5 Å². The Morgan fingerprint density at radius 3 is 2.06 bits per heavy atom. The molecule has 3 unspecified atom stereocenters. The van der Waals surface area contributed by atoms with E-state index in [9.17, 15) is 9.59 Å². The molecule has 0 heterocycles. The van der Waals surface area contributed by atoms with Crippen molar-refractivity contribution in [3.05, 3.63) is 0 Å². The molecule has 0 rings (SSSR count). The van der Waals surface area contributed by atoms with Crippen molar-refractivity contribution < 1.29 is 24.2 Å². The number of hydrogen-bond acceptors (Lipinski definition) is 4. The molecule has 0 spiro atoms. The zero-order valence-electron chi connectivity index (χ0n) is 21.4. The summed E-state index contributed by atoms with van der Waals surface area (Å²) in [4.78, 5) is 23.5. The minimum atomic E-state index is -0.815. The van der Waals surface area contributed by atoms with E-state index >= 15 is 0 Å². The highest BCUT2D eigenvalue weighted by atomic mass is 16.5. The lowest BCUT2D eigenvalue weighted by Gasteiger charge is -2.33. The third-order valence-electron chi connectivity index (χ3n) is 6.70. The van der Waals surface area contributed by atoms with Crippen LogP contribution in [-0.4, -0.2) is 46.9 Å². The lowest BCUT2D eigenvalue weighted by Crippen LogP contribution is -2.47. The number of carboxylic acids is 1. The minimum absolute atomic E-state index is 0.0414. The average molecular weight is 444 g/mol. The van der Waals surface area contributed by atoms with Crippen LogP contribution in [0.4, 0.5) is 0 Å². The zero-order valence-corrected chi connectivity index (χ0v) is 21.4. The summed E-state index contributed by atoms with van der Waals surface area (Å²) < 4.78 is 12.1. The van der Waals surface area contributed by atoms with E-state index in [2.05, 4.69) is 39.9 Å². The van der Waals surface area contributed by atoms with Gasteiger partial charge in [0.2, 0.25) is 5.91 Å². The van der Waals surface area contributed by atoms with Gasteiger partial charge in [0.15, 0.2) is 0 Å². The summed E-state index contributed by atoms with van der Waals surface area (Å²) in [7, 11) is 0. The van der Waals surface area contributed by atoms with Crippen LogP contribution in [0.5, 0.6) is 0 Å². The van der Waals surface area contributed by atoms with Gasteiger partial charge in [0.1, 0.15) is 0 Å². The second-order valence-electron chi connectivity index (χ2n) is 10.2. The van der Waals surface area contributed by atoms with Gasteiger partial charge >= 0.3 is 5.97 Å². The van der Waals surface area contributed by atoms with Gasteiger partial charge < -0.3 is 19.9 Å². The number of ether oxygens (including phenoxy) is 2. The highest BCUT2D eigenvalue weighted by Gasteiger charge is 2.29. The highest BCUT2D eigenvalue weighted by Crippen LogP contribution is 2.24. The zero-order chi connectivity index (χ0) is 24.1. The van der Waals surface area contributed by atoms with Gasteiger partial charge in [-0.05, 0) is 72.1 Å². The van der Waals surface area contributed by atoms with Crippen LogP contribution < -0.4 is 5.32 Å². The SMILES string of the molecule is CCC(C)CCOC(C)(CC)CCC(=O)NC(C)(CC)CCOC(C)(C)CCC(=O)O. The second-order valence-corrected chi connectivity index (χ2v) is 10.2. The molecule has 6 heteroatoms. The summed E-state index contributed by atoms with van der Waals surface area (Å²) in [6, 6.07) is 0. The van der Waals surface area contributed by atoms with Crippen LogP contribution in [-0.2, 0) is 19.1 Å². The maximum atomic E-state index is 12.7. The quantitative estimate of drug-likeness (QED) is 0.283. The Labute approximate surface area is 190 Å². The van der Waals surface area contributed by atoms with Crippen molar-refractivity contribution in [2.24, 2.45) is 5.92 Å². The van der Waals surface area contributed by atoms with E-state index in [1.54, 1.807) is 0 Å². The lowest BCUT2D eigenvalue weighted by molar-refractivity contribution is -0.139. The molecule has 31 heavy (non-hydrogen) atoms. The van der Waals surface area contributed by atoms with Crippen LogP contribution in [0.3, 0.4) is 0 Å². The highest BCUT2D eigenvalue weighted by molar-refractivity contribution is 5.76. The first-order valence-electron chi connectivity index (χ1n) is 12.1. The third kappa shape index (κ3) is 13.8. The van der Waals surface area contributed by atoms with Gasteiger partial charge in [0.05, 0.1) is 11.2 Å². The smallest absolute Gasteiger partial charge is 0.303 e. The Bertz CT molecular complexity index is 536. The Morgan fingerprint density at radius 1 is 0.903 bits per heavy atom. The summed E-state index contributed by atoms with van der Waals surface area (Å²) in [5.41, 5.74) is -1.11. The van der Waals surface area contributed by atoms with Crippen LogP contribution in [0.1, 0.15) is 113 Å². The fourth-order valence-corrected chi connectivity index (χ4v) is 3.20. The van der Waals surface area contributed by atoms with Crippen LogP contribution in [0.25, 0.3) is 0 Å². The molecule has 0 aromatic heterocycles. The Kier molecular flexibility index (Phi) is 13.6. The Hall–Kier alpha value is -1.14. The number of aliphatic carboxylic acids is 1. The van der Waals surface area contributed by atoms with Crippen molar-refractivity contribution in [2.45, 2.75) is 130 Å². The van der Waals surface area contributed by atoms with Crippen LogP contribution >= 0.6 is 0 Å². The van der Waals surface area contributed by atoms with Gasteiger partial charge in [-0.1, -0.05) is 34.1 Å². The molecule has 0 aliphatic rings. The first-order chi connectivity index (χ1) is 14.3. The third-order valence-corrected chi connectivity index (χ3v) is 6.70. The largest absolute Gasteiger partial charge is 0.481 e. The van der Waals surface area contributed by atoms with E-state index in [1.807, 2.05) is 20.8 Å². The molecular weight excluding hydrogens is 394 g/mol. The predicted octanol–water partition coefficient (Wildman–Crippen LogP) is 5.72. The molecule has 0 aromatic carbocycles. The summed E-state index contributed by atoms with van der Waals surface area (Å²) in [6.45, 7) is 17.8. The van der Waals surface area contributed by atoms with Gasteiger partial charge in [-0.2, -0.15) is 0 Å². The van der Waals surface area contributed by atoms with Crippen LogP contribution in [0.2, 0.25) is 0 Å². The summed E-state index contributed by atoms with van der Waals surface area (Å²) >= 11 is 0. The van der Waals surface area contributed by atoms with Crippen molar-refractivity contribution in [3.63, 3.8) is 0 Å². The number of hydrogen-bond donors (Lipinski definition) is 2. The lowest BCUT2D eigenvalue weighted by atomic mass is 9.92. The first kappa shape index (κ1) is 29.9. The monoisotopic (exact) mass is 443 g/mol. The number of carbonyl (C=O) groups excluding carboxylic acids is 1. The van der Waals surface area contributed by atoms with Gasteiger partial charge in [-0.15, -0.1) is 0 Å². The van der Waals surface area contributed by atoms with Gasteiger partial charge in [0, 0.05) is 31.6 Å². The molecule has 0 radical (unpaired) electrons. The van der Waals surface area contributed by atoms with Crippen molar-refractivity contribution in [3.8, 4) is 0 Å². The van der Waals surface area contributed by atoms with E-state index in [4.69, 9.17) is 14.6 Å². The maximum absolute atomic E-state index is 12.7. The molecule has 2 N–H and O–H groups in total. The van der Waals surface area contributed by atoms with E-state index in [0.29, 0.717) is 38.2 Å². The van der Waals surface area contributed by atoms with E-state index < -0.39 is 11.6 Å². The van der Waals surface area contributed by atoms with Crippen LogP contribution in [0.15, 0.2) is 0 Å². The van der Waals surface area contributed by atoms with Gasteiger partial charge in [0.25, 0.3) is 0 Å². The number of carbonyl (C=O) groups is 2. The van der Waals surface area contributed by atoms with Gasteiger partial charge in [-0.3, -0.25) is 9.59 Å². The Balaban J connectivity index is 4.54. The average Bonchev–Trinajstić information content (AvgIpc) is 2.70.